The zero-order valence-corrected chi connectivity index (χ0v) is 12.2. The number of amides is 1. The van der Waals surface area contributed by atoms with Gasteiger partial charge in [0.25, 0.3) is 11.6 Å². The van der Waals surface area contributed by atoms with Crippen LogP contribution in [0.5, 0.6) is 0 Å². The number of hydrogen-bond donors (Lipinski definition) is 1. The molecule has 0 spiro atoms. The fourth-order valence-corrected chi connectivity index (χ4v) is 2.66. The van der Waals surface area contributed by atoms with Crippen molar-refractivity contribution < 1.29 is 9.72 Å². The summed E-state index contributed by atoms with van der Waals surface area (Å²) >= 11 is 0. The second-order valence-electron chi connectivity index (χ2n) is 5.35. The molecule has 1 N–H and O–H groups in total. The normalized spacial score (nSPS) is 17.7. The van der Waals surface area contributed by atoms with Crippen LogP contribution in [0.4, 0.5) is 5.69 Å². The third kappa shape index (κ3) is 4.01. The topological polar surface area (TPSA) is 75.5 Å². The molecular weight excluding hydrogens is 270 g/mol. The summed E-state index contributed by atoms with van der Waals surface area (Å²) in [6.07, 6.45) is 3.07. The minimum absolute atomic E-state index is 0.0451. The highest BCUT2D eigenvalue weighted by Gasteiger charge is 2.22. The molecule has 1 saturated heterocycles. The molecule has 0 aromatic heterocycles. The van der Waals surface area contributed by atoms with Crippen LogP contribution < -0.4 is 5.32 Å². The third-order valence-corrected chi connectivity index (χ3v) is 3.69. The van der Waals surface area contributed by atoms with Crippen molar-refractivity contribution in [2.24, 2.45) is 0 Å². The third-order valence-electron chi connectivity index (χ3n) is 3.69. The first kappa shape index (κ1) is 15.4. The van der Waals surface area contributed by atoms with Gasteiger partial charge in [0, 0.05) is 36.8 Å². The average molecular weight is 291 g/mol. The van der Waals surface area contributed by atoms with Gasteiger partial charge in [0.1, 0.15) is 0 Å². The van der Waals surface area contributed by atoms with Gasteiger partial charge in [-0.05, 0) is 31.9 Å². The number of benzene rings is 1. The zero-order chi connectivity index (χ0) is 15.2. The molecule has 1 amide bonds. The second-order valence-corrected chi connectivity index (χ2v) is 5.35. The van der Waals surface area contributed by atoms with E-state index in [0.717, 1.165) is 25.8 Å². The van der Waals surface area contributed by atoms with Crippen LogP contribution in [0.3, 0.4) is 0 Å². The van der Waals surface area contributed by atoms with E-state index >= 15 is 0 Å². The molecule has 6 heteroatoms. The van der Waals surface area contributed by atoms with Crippen LogP contribution in [0, 0.1) is 10.1 Å². The van der Waals surface area contributed by atoms with E-state index in [4.69, 9.17) is 0 Å². The number of rotatable bonds is 6. The number of nitro benzene ring substituents is 1. The largest absolute Gasteiger partial charge is 0.337 e. The molecule has 1 atom stereocenters. The van der Waals surface area contributed by atoms with E-state index in [0.29, 0.717) is 24.7 Å². The van der Waals surface area contributed by atoms with Gasteiger partial charge in [-0.15, -0.1) is 0 Å². The first-order chi connectivity index (χ1) is 10.1. The molecule has 0 bridgehead atoms. The Labute approximate surface area is 124 Å². The average Bonchev–Trinajstić information content (AvgIpc) is 2.99. The van der Waals surface area contributed by atoms with Gasteiger partial charge in [0.2, 0.25) is 0 Å². The summed E-state index contributed by atoms with van der Waals surface area (Å²) < 4.78 is 0. The predicted molar refractivity (Wildman–Crippen MR) is 80.3 cm³/mol. The van der Waals surface area contributed by atoms with E-state index in [1.807, 2.05) is 6.92 Å². The lowest BCUT2D eigenvalue weighted by molar-refractivity contribution is -0.384. The zero-order valence-electron chi connectivity index (χ0n) is 12.2. The van der Waals surface area contributed by atoms with Crippen molar-refractivity contribution in [3.8, 4) is 0 Å². The molecule has 0 radical (unpaired) electrons. The Balaban J connectivity index is 2.12. The lowest BCUT2D eigenvalue weighted by Gasteiger charge is -2.25. The van der Waals surface area contributed by atoms with Crippen molar-refractivity contribution in [1.82, 2.24) is 10.2 Å². The highest BCUT2D eigenvalue weighted by atomic mass is 16.6. The fourth-order valence-electron chi connectivity index (χ4n) is 2.66. The molecule has 1 aliphatic rings. The number of nitrogens with zero attached hydrogens (tertiary/aromatic N) is 2. The summed E-state index contributed by atoms with van der Waals surface area (Å²) in [5, 5.41) is 14.2. The molecule has 1 unspecified atom stereocenters. The fraction of sp³-hybridized carbons (Fsp3) is 0.533. The molecule has 1 aromatic carbocycles. The monoisotopic (exact) mass is 291 g/mol. The Bertz CT molecular complexity index is 513. The predicted octanol–water partition coefficient (Wildman–Crippen LogP) is 2.20. The molecule has 114 valence electrons. The first-order valence-electron chi connectivity index (χ1n) is 7.39. The molecule has 1 aliphatic heterocycles. The lowest BCUT2D eigenvalue weighted by Crippen LogP contribution is -2.41. The van der Waals surface area contributed by atoms with Crippen molar-refractivity contribution in [2.75, 3.05) is 19.6 Å². The van der Waals surface area contributed by atoms with E-state index < -0.39 is 4.92 Å². The molecule has 21 heavy (non-hydrogen) atoms. The van der Waals surface area contributed by atoms with E-state index in [1.165, 1.54) is 12.1 Å². The van der Waals surface area contributed by atoms with Crippen molar-refractivity contribution in [3.05, 3.63) is 39.9 Å². The standard InChI is InChI=1S/C15H21N3O3/c1-2-9-17(11-13-6-4-8-16-13)15(19)12-5-3-7-14(10-12)18(20)21/h3,5,7,10,13,16H,2,4,6,8-9,11H2,1H3. The van der Waals surface area contributed by atoms with Gasteiger partial charge in [-0.25, -0.2) is 0 Å². The smallest absolute Gasteiger partial charge is 0.270 e. The highest BCUT2D eigenvalue weighted by Crippen LogP contribution is 2.16. The summed E-state index contributed by atoms with van der Waals surface area (Å²) in [6.45, 7) is 4.35. The van der Waals surface area contributed by atoms with E-state index in [-0.39, 0.29) is 11.6 Å². The van der Waals surface area contributed by atoms with Crippen LogP contribution >= 0.6 is 0 Å². The van der Waals surface area contributed by atoms with Crippen molar-refractivity contribution in [2.45, 2.75) is 32.2 Å². The maximum Gasteiger partial charge on any atom is 0.270 e. The lowest BCUT2D eigenvalue weighted by atomic mass is 10.1. The molecule has 6 nitrogen and oxygen atoms in total. The van der Waals surface area contributed by atoms with Crippen molar-refractivity contribution in [3.63, 3.8) is 0 Å². The number of nitro groups is 1. The maximum atomic E-state index is 12.6. The van der Waals surface area contributed by atoms with Crippen LogP contribution in [0.2, 0.25) is 0 Å². The Kier molecular flexibility index (Phi) is 5.27. The van der Waals surface area contributed by atoms with Crippen LogP contribution in [0.1, 0.15) is 36.5 Å². The van der Waals surface area contributed by atoms with Crippen LogP contribution in [-0.4, -0.2) is 41.4 Å². The highest BCUT2D eigenvalue weighted by molar-refractivity contribution is 5.94. The van der Waals surface area contributed by atoms with Gasteiger partial charge in [-0.1, -0.05) is 13.0 Å². The van der Waals surface area contributed by atoms with Gasteiger partial charge in [0.15, 0.2) is 0 Å². The number of nitrogens with one attached hydrogen (secondary N) is 1. The van der Waals surface area contributed by atoms with Gasteiger partial charge in [-0.2, -0.15) is 0 Å². The Morgan fingerprint density at radius 3 is 2.95 bits per heavy atom. The van der Waals surface area contributed by atoms with Crippen molar-refractivity contribution in [1.29, 1.82) is 0 Å². The maximum absolute atomic E-state index is 12.6. The minimum Gasteiger partial charge on any atom is -0.337 e. The van der Waals surface area contributed by atoms with Crippen LogP contribution in [-0.2, 0) is 0 Å². The second kappa shape index (κ2) is 7.17. The molecule has 0 aliphatic carbocycles. The summed E-state index contributed by atoms with van der Waals surface area (Å²) in [5.41, 5.74) is 0.340. The Morgan fingerprint density at radius 2 is 2.33 bits per heavy atom. The molecule has 1 fully saturated rings. The van der Waals surface area contributed by atoms with Gasteiger partial charge in [0.05, 0.1) is 4.92 Å². The van der Waals surface area contributed by atoms with Gasteiger partial charge >= 0.3 is 0 Å². The van der Waals surface area contributed by atoms with Gasteiger partial charge in [-0.3, -0.25) is 14.9 Å². The molecule has 0 saturated carbocycles. The molecular formula is C15H21N3O3. The van der Waals surface area contributed by atoms with E-state index in [9.17, 15) is 14.9 Å². The van der Waals surface area contributed by atoms with Crippen molar-refractivity contribution >= 4 is 11.6 Å². The molecule has 2 rings (SSSR count). The quantitative estimate of drug-likeness (QED) is 0.644. The number of carbonyl (C=O) groups is 1. The van der Waals surface area contributed by atoms with Crippen LogP contribution in [0.15, 0.2) is 24.3 Å². The number of non-ortho nitro benzene ring substituents is 1. The van der Waals surface area contributed by atoms with Gasteiger partial charge < -0.3 is 10.2 Å². The number of hydrogen-bond acceptors (Lipinski definition) is 4. The summed E-state index contributed by atoms with van der Waals surface area (Å²) in [4.78, 5) is 24.7. The molecule has 1 aromatic rings. The summed E-state index contributed by atoms with van der Waals surface area (Å²) in [5.74, 6) is -0.130. The van der Waals surface area contributed by atoms with E-state index in [2.05, 4.69) is 5.32 Å². The minimum atomic E-state index is -0.473. The van der Waals surface area contributed by atoms with Crippen LogP contribution in [0.25, 0.3) is 0 Å². The van der Waals surface area contributed by atoms with E-state index in [1.54, 1.807) is 17.0 Å². The summed E-state index contributed by atoms with van der Waals surface area (Å²) in [6, 6.07) is 6.29. The number of carbonyl (C=O) groups excluding carboxylic acids is 1. The molecule has 1 heterocycles. The Morgan fingerprint density at radius 1 is 1.52 bits per heavy atom. The first-order valence-corrected chi connectivity index (χ1v) is 7.39. The Hall–Kier alpha value is -1.95. The SMILES string of the molecule is CCCN(CC1CCCN1)C(=O)c1cccc([N+](=O)[O-])c1. The summed E-state index contributed by atoms with van der Waals surface area (Å²) in [7, 11) is 0.